The van der Waals surface area contributed by atoms with Crippen LogP contribution in [0.3, 0.4) is 0 Å². The van der Waals surface area contributed by atoms with Gasteiger partial charge in [-0.2, -0.15) is 0 Å². The van der Waals surface area contributed by atoms with Crippen molar-refractivity contribution in [2.45, 2.75) is 141 Å². The van der Waals surface area contributed by atoms with E-state index in [1.807, 2.05) is 0 Å². The zero-order chi connectivity index (χ0) is 27.1. The molecule has 0 fully saturated rings. The van der Waals surface area contributed by atoms with E-state index in [9.17, 15) is 24.3 Å². The molecule has 0 aromatic rings. The predicted octanol–water partition coefficient (Wildman–Crippen LogP) is 4.02. The Morgan fingerprint density at radius 3 is 1.41 bits per heavy atom. The van der Waals surface area contributed by atoms with Crippen LogP contribution in [0, 0.1) is 0 Å². The summed E-state index contributed by atoms with van der Waals surface area (Å²) in [5.74, 6) is -5.76. The van der Waals surface area contributed by atoms with Crippen molar-refractivity contribution in [3.05, 3.63) is 12.2 Å². The van der Waals surface area contributed by atoms with E-state index in [4.69, 9.17) is 14.9 Å². The van der Waals surface area contributed by atoms with Gasteiger partial charge < -0.3 is 21.5 Å². The normalized spacial score (nSPS) is 11.3. The third-order valence-electron chi connectivity index (χ3n) is 6.22. The van der Waals surface area contributed by atoms with Gasteiger partial charge in [-0.1, -0.05) is 96.1 Å². The topological polar surface area (TPSA) is 138 Å². The summed E-state index contributed by atoms with van der Waals surface area (Å²) in [6.45, 7) is 2.24. The van der Waals surface area contributed by atoms with Crippen molar-refractivity contribution in [3.8, 4) is 0 Å². The molecule has 0 saturated carbocycles. The first kappa shape index (κ1) is 37.8. The van der Waals surface area contributed by atoms with Crippen LogP contribution in [-0.4, -0.2) is 44.8 Å². The maximum Gasteiger partial charge on any atom is 1.00 e. The molecule has 0 unspecified atom stereocenters. The van der Waals surface area contributed by atoms with E-state index in [0.29, 0.717) is 6.42 Å². The fraction of sp³-hybridized carbons (Fsp3) is 0.786. The summed E-state index contributed by atoms with van der Waals surface area (Å²) >= 11 is 0. The van der Waals surface area contributed by atoms with Gasteiger partial charge in [0.2, 0.25) is 5.60 Å². The number of hydrogen-bond donors (Lipinski definition) is 3. The Hall–Kier alpha value is -1.38. The number of rotatable bonds is 25. The first-order chi connectivity index (χ1) is 17.2. The Labute approximate surface area is 246 Å². The van der Waals surface area contributed by atoms with E-state index in [2.05, 4.69) is 19.1 Å². The molecule has 0 bridgehead atoms. The molecule has 0 aliphatic rings. The monoisotopic (exact) mass is 536 g/mol. The quantitative estimate of drug-likeness (QED) is 0.0688. The van der Waals surface area contributed by atoms with Crippen LogP contribution < -0.4 is 29.6 Å². The van der Waals surface area contributed by atoms with Crippen LogP contribution in [0.15, 0.2) is 12.2 Å². The largest absolute Gasteiger partial charge is 1.00 e. The molecule has 0 aliphatic carbocycles. The molecule has 0 heterocycles. The zero-order valence-electron chi connectivity index (χ0n) is 24.2. The van der Waals surface area contributed by atoms with E-state index in [1.54, 1.807) is 0 Å². The number of carbonyl (C=O) groups is 4. The number of hydrogen-bond acceptors (Lipinski definition) is 5. The van der Waals surface area contributed by atoms with Gasteiger partial charge in [-0.3, -0.25) is 14.4 Å². The van der Waals surface area contributed by atoms with Crippen LogP contribution >= 0.6 is 0 Å². The molecule has 0 amide bonds. The van der Waals surface area contributed by atoms with Crippen molar-refractivity contribution in [2.24, 2.45) is 0 Å². The van der Waals surface area contributed by atoms with Crippen molar-refractivity contribution in [1.29, 1.82) is 0 Å². The smallest absolute Gasteiger partial charge is 1.00 e. The molecular weight excluding hydrogens is 487 g/mol. The Balaban J connectivity index is -0.00000612. The fourth-order valence-corrected chi connectivity index (χ4v) is 4.13. The molecule has 3 N–H and O–H groups in total. The van der Waals surface area contributed by atoms with Crippen LogP contribution in [0.2, 0.25) is 0 Å². The minimum absolute atomic E-state index is 0. The zero-order valence-corrected chi connectivity index (χ0v) is 25.2. The minimum atomic E-state index is -2.58. The Bertz CT molecular complexity index is 653. The third-order valence-corrected chi connectivity index (χ3v) is 6.22. The molecule has 0 aliphatic heterocycles. The van der Waals surface area contributed by atoms with Crippen LogP contribution in [0.4, 0.5) is 0 Å². The van der Waals surface area contributed by atoms with E-state index in [-0.39, 0.29) is 37.4 Å². The van der Waals surface area contributed by atoms with Gasteiger partial charge in [0, 0.05) is 6.42 Å². The fourth-order valence-electron chi connectivity index (χ4n) is 4.13. The van der Waals surface area contributed by atoms with Gasteiger partial charge in [0.05, 0.1) is 12.8 Å². The maximum atomic E-state index is 12.0. The summed E-state index contributed by atoms with van der Waals surface area (Å²) in [4.78, 5) is 45.5. The van der Waals surface area contributed by atoms with E-state index in [0.717, 1.165) is 32.1 Å². The second-order valence-corrected chi connectivity index (χ2v) is 9.66. The molecular formula is C28H49NaO8. The van der Waals surface area contributed by atoms with Crippen molar-refractivity contribution in [2.75, 3.05) is 0 Å². The Morgan fingerprint density at radius 1 is 0.649 bits per heavy atom. The molecule has 37 heavy (non-hydrogen) atoms. The standard InChI is InChI=1S/C28H48O8.Na.H/c1-2-3-4-5-6-7-8-9-10-11-12-13-14-15-16-17-18-19-20-21-26(33)36-28(27(34)35,22-24(29)30)23-25(31)32;;/h9-10H,2-8,11-23H2,1H3,(H,29,30)(H,31,32)(H,34,35);;/q;+1;-1/b10-9-;;. The number of esters is 1. The van der Waals surface area contributed by atoms with Crippen LogP contribution in [0.1, 0.15) is 137 Å². The van der Waals surface area contributed by atoms with Gasteiger partial charge in [-0.25, -0.2) is 4.79 Å². The minimum Gasteiger partial charge on any atom is -1.00 e. The summed E-state index contributed by atoms with van der Waals surface area (Å²) in [6, 6.07) is 0. The molecule has 8 nitrogen and oxygen atoms in total. The summed E-state index contributed by atoms with van der Waals surface area (Å²) in [7, 11) is 0. The average molecular weight is 537 g/mol. The van der Waals surface area contributed by atoms with Gasteiger partial charge in [0.25, 0.3) is 0 Å². The van der Waals surface area contributed by atoms with Crippen molar-refractivity contribution >= 4 is 23.9 Å². The van der Waals surface area contributed by atoms with Gasteiger partial charge in [-0.15, -0.1) is 0 Å². The van der Waals surface area contributed by atoms with Crippen molar-refractivity contribution in [1.82, 2.24) is 0 Å². The molecule has 0 aromatic carbocycles. The predicted molar refractivity (Wildman–Crippen MR) is 140 cm³/mol. The number of carboxylic acids is 3. The van der Waals surface area contributed by atoms with Gasteiger partial charge in [0.15, 0.2) is 0 Å². The van der Waals surface area contributed by atoms with Crippen molar-refractivity contribution < 1.29 is 70.2 Å². The van der Waals surface area contributed by atoms with Crippen LogP contribution in [0.25, 0.3) is 0 Å². The molecule has 0 rings (SSSR count). The third kappa shape index (κ3) is 22.3. The molecule has 0 spiro atoms. The number of carboxylic acid groups (broad SMARTS) is 3. The van der Waals surface area contributed by atoms with E-state index >= 15 is 0 Å². The average Bonchev–Trinajstić information content (AvgIpc) is 2.79. The molecule has 9 heteroatoms. The van der Waals surface area contributed by atoms with E-state index < -0.39 is 42.3 Å². The Kier molecular flexibility index (Phi) is 25.4. The molecule has 0 aromatic heterocycles. The van der Waals surface area contributed by atoms with Gasteiger partial charge >= 0.3 is 53.4 Å². The van der Waals surface area contributed by atoms with Crippen LogP contribution in [-0.2, 0) is 23.9 Å². The second kappa shape index (κ2) is 24.9. The summed E-state index contributed by atoms with van der Waals surface area (Å²) in [5, 5.41) is 27.1. The number of ether oxygens (including phenoxy) is 1. The number of allylic oxidation sites excluding steroid dienone is 2. The number of unbranched alkanes of at least 4 members (excludes halogenated alkanes) is 15. The number of aliphatic carboxylic acids is 3. The molecule has 0 atom stereocenters. The van der Waals surface area contributed by atoms with Gasteiger partial charge in [-0.05, 0) is 32.1 Å². The first-order valence-electron chi connectivity index (χ1n) is 13.8. The summed E-state index contributed by atoms with van der Waals surface area (Å²) < 4.78 is 4.85. The second-order valence-electron chi connectivity index (χ2n) is 9.66. The van der Waals surface area contributed by atoms with Crippen molar-refractivity contribution in [3.63, 3.8) is 0 Å². The van der Waals surface area contributed by atoms with E-state index in [1.165, 1.54) is 70.6 Å². The first-order valence-corrected chi connectivity index (χ1v) is 13.8. The molecule has 0 radical (unpaired) electrons. The summed E-state index contributed by atoms with van der Waals surface area (Å²) in [5.41, 5.74) is -2.58. The van der Waals surface area contributed by atoms with Crippen LogP contribution in [0.5, 0.6) is 0 Å². The van der Waals surface area contributed by atoms with Gasteiger partial charge in [0.1, 0.15) is 0 Å². The number of carbonyl (C=O) groups excluding carboxylic acids is 1. The SMILES string of the molecule is CCCCCCCC/C=C\CCCCCCCCCCCC(=O)OC(CC(=O)O)(CC(=O)O)C(=O)O.[H-].[Na+]. The molecule has 210 valence electrons. The summed E-state index contributed by atoms with van der Waals surface area (Å²) in [6.07, 6.45) is 22.1. The Morgan fingerprint density at radius 2 is 1.03 bits per heavy atom. The molecule has 0 saturated heterocycles. The maximum absolute atomic E-state index is 12.0.